The minimum Gasteiger partial charge on any atom is -0.497 e. The van der Waals surface area contributed by atoms with Crippen LogP contribution >= 0.6 is 0 Å². The number of nitrogens with zero attached hydrogens (tertiary/aromatic N) is 1. The van der Waals surface area contributed by atoms with E-state index in [0.29, 0.717) is 11.5 Å². The fourth-order valence-corrected chi connectivity index (χ4v) is 1.66. The Hall–Kier alpha value is -1.97. The maximum absolute atomic E-state index is 5.32. The van der Waals surface area contributed by atoms with Crippen LogP contribution in [0.2, 0.25) is 0 Å². The van der Waals surface area contributed by atoms with Crippen molar-refractivity contribution in [3.05, 3.63) is 30.0 Å². The zero-order valence-corrected chi connectivity index (χ0v) is 9.48. The number of aryl methyl sites for hydroxylation is 1. The molecule has 0 saturated heterocycles. The van der Waals surface area contributed by atoms with Crippen LogP contribution in [-0.4, -0.2) is 19.4 Å². The Morgan fingerprint density at radius 3 is 2.56 bits per heavy atom. The lowest BCUT2D eigenvalue weighted by molar-refractivity contribution is 0.390. The molecule has 1 aromatic heterocycles. The maximum atomic E-state index is 5.32. The number of benzene rings is 1. The minimum atomic E-state index is 0.692. The Kier molecular flexibility index (Phi) is 2.81. The van der Waals surface area contributed by atoms with Gasteiger partial charge in [-0.3, -0.25) is 0 Å². The first-order valence-electron chi connectivity index (χ1n) is 4.90. The molecule has 0 unspecified atom stereocenters. The summed E-state index contributed by atoms with van der Waals surface area (Å²) < 4.78 is 15.7. The Morgan fingerprint density at radius 1 is 1.19 bits per heavy atom. The van der Waals surface area contributed by atoms with Crippen molar-refractivity contribution in [3.63, 3.8) is 0 Å². The summed E-state index contributed by atoms with van der Waals surface area (Å²) in [6.07, 6.45) is 1.61. The zero-order valence-electron chi connectivity index (χ0n) is 9.48. The lowest BCUT2D eigenvalue weighted by Crippen LogP contribution is -1.93. The molecule has 2 aromatic rings. The third-order valence-corrected chi connectivity index (χ3v) is 2.41. The number of ether oxygens (including phenoxy) is 2. The van der Waals surface area contributed by atoms with E-state index >= 15 is 0 Å². The van der Waals surface area contributed by atoms with Gasteiger partial charge in [-0.15, -0.1) is 0 Å². The molecule has 84 valence electrons. The van der Waals surface area contributed by atoms with E-state index in [4.69, 9.17) is 14.0 Å². The van der Waals surface area contributed by atoms with Crippen molar-refractivity contribution in [2.75, 3.05) is 14.2 Å². The average molecular weight is 219 g/mol. The summed E-state index contributed by atoms with van der Waals surface area (Å²) in [6.45, 7) is 1.98. The van der Waals surface area contributed by atoms with E-state index < -0.39 is 0 Å². The molecule has 0 amide bonds. The molecule has 0 bridgehead atoms. The number of methoxy groups -OCH3 is 2. The zero-order chi connectivity index (χ0) is 11.5. The number of hydrogen-bond donors (Lipinski definition) is 0. The van der Waals surface area contributed by atoms with E-state index in [9.17, 15) is 0 Å². The highest BCUT2D eigenvalue weighted by Crippen LogP contribution is 2.36. The van der Waals surface area contributed by atoms with E-state index in [2.05, 4.69) is 5.16 Å². The van der Waals surface area contributed by atoms with Crippen LogP contribution in [0.1, 0.15) is 5.56 Å². The van der Waals surface area contributed by atoms with Crippen molar-refractivity contribution in [2.24, 2.45) is 0 Å². The summed E-state index contributed by atoms with van der Waals surface area (Å²) in [5.41, 5.74) is 1.92. The van der Waals surface area contributed by atoms with Crippen LogP contribution in [0.3, 0.4) is 0 Å². The molecule has 0 atom stereocenters. The molecule has 1 heterocycles. The molecular weight excluding hydrogens is 206 g/mol. The van der Waals surface area contributed by atoms with Crippen molar-refractivity contribution < 1.29 is 14.0 Å². The summed E-state index contributed by atoms with van der Waals surface area (Å²) in [5.74, 6) is 2.17. The first kappa shape index (κ1) is 10.5. The summed E-state index contributed by atoms with van der Waals surface area (Å²) in [7, 11) is 3.25. The van der Waals surface area contributed by atoms with Crippen LogP contribution in [0.15, 0.2) is 28.9 Å². The predicted molar refractivity (Wildman–Crippen MR) is 59.8 cm³/mol. The molecule has 4 heteroatoms. The third-order valence-electron chi connectivity index (χ3n) is 2.41. The van der Waals surface area contributed by atoms with Crippen LogP contribution in [0.5, 0.6) is 11.5 Å². The van der Waals surface area contributed by atoms with Crippen LogP contribution in [0.4, 0.5) is 0 Å². The monoisotopic (exact) mass is 219 g/mol. The van der Waals surface area contributed by atoms with E-state index in [1.165, 1.54) is 0 Å². The standard InChI is InChI=1S/C12H13NO3/c1-8-6-9(14-2)7-11(15-3)12(8)10-4-5-13-16-10/h4-7H,1-3H3. The molecule has 0 fully saturated rings. The molecule has 0 spiro atoms. The summed E-state index contributed by atoms with van der Waals surface area (Å²) >= 11 is 0. The Labute approximate surface area is 93.8 Å². The summed E-state index contributed by atoms with van der Waals surface area (Å²) in [5, 5.41) is 3.70. The van der Waals surface area contributed by atoms with E-state index in [-0.39, 0.29) is 0 Å². The molecule has 16 heavy (non-hydrogen) atoms. The normalized spacial score (nSPS) is 10.2. The van der Waals surface area contributed by atoms with Gasteiger partial charge in [-0.25, -0.2) is 0 Å². The molecule has 4 nitrogen and oxygen atoms in total. The molecule has 0 N–H and O–H groups in total. The van der Waals surface area contributed by atoms with Crippen LogP contribution in [0.25, 0.3) is 11.3 Å². The van der Waals surface area contributed by atoms with Gasteiger partial charge in [0.2, 0.25) is 0 Å². The van der Waals surface area contributed by atoms with E-state index in [0.717, 1.165) is 16.9 Å². The first-order valence-corrected chi connectivity index (χ1v) is 4.90. The van der Waals surface area contributed by atoms with Gasteiger partial charge >= 0.3 is 0 Å². The van der Waals surface area contributed by atoms with Gasteiger partial charge in [0, 0.05) is 12.1 Å². The third kappa shape index (κ3) is 1.74. The Bertz CT molecular complexity index is 477. The quantitative estimate of drug-likeness (QED) is 0.796. The molecule has 0 saturated carbocycles. The molecule has 0 radical (unpaired) electrons. The summed E-state index contributed by atoms with van der Waals surface area (Å²) in [6, 6.07) is 5.56. The molecule has 2 rings (SSSR count). The van der Waals surface area contributed by atoms with Gasteiger partial charge in [-0.05, 0) is 18.6 Å². The van der Waals surface area contributed by atoms with Gasteiger partial charge in [0.25, 0.3) is 0 Å². The van der Waals surface area contributed by atoms with Gasteiger partial charge in [0.15, 0.2) is 5.76 Å². The highest BCUT2D eigenvalue weighted by Gasteiger charge is 2.14. The molecule has 0 aliphatic carbocycles. The van der Waals surface area contributed by atoms with Gasteiger partial charge in [-0.1, -0.05) is 5.16 Å². The predicted octanol–water partition coefficient (Wildman–Crippen LogP) is 2.67. The number of aromatic nitrogens is 1. The fourth-order valence-electron chi connectivity index (χ4n) is 1.66. The molecule has 0 aliphatic rings. The van der Waals surface area contributed by atoms with Crippen LogP contribution in [0, 0.1) is 6.92 Å². The van der Waals surface area contributed by atoms with Gasteiger partial charge in [0.05, 0.1) is 26.0 Å². The Balaban J connectivity index is 2.60. The Morgan fingerprint density at radius 2 is 2.00 bits per heavy atom. The van der Waals surface area contributed by atoms with Gasteiger partial charge in [0.1, 0.15) is 11.5 Å². The van der Waals surface area contributed by atoms with Gasteiger partial charge in [-0.2, -0.15) is 0 Å². The van der Waals surface area contributed by atoms with Crippen LogP contribution in [-0.2, 0) is 0 Å². The second kappa shape index (κ2) is 4.26. The van der Waals surface area contributed by atoms with Crippen molar-refractivity contribution in [1.82, 2.24) is 5.16 Å². The van der Waals surface area contributed by atoms with Crippen molar-refractivity contribution >= 4 is 0 Å². The maximum Gasteiger partial charge on any atom is 0.170 e. The first-order chi connectivity index (χ1) is 7.76. The van der Waals surface area contributed by atoms with Crippen molar-refractivity contribution in [3.8, 4) is 22.8 Å². The lowest BCUT2D eigenvalue weighted by atomic mass is 10.0. The topological polar surface area (TPSA) is 44.5 Å². The highest BCUT2D eigenvalue weighted by molar-refractivity contribution is 5.71. The lowest BCUT2D eigenvalue weighted by Gasteiger charge is -2.11. The minimum absolute atomic E-state index is 0.692. The van der Waals surface area contributed by atoms with Gasteiger partial charge < -0.3 is 14.0 Å². The fraction of sp³-hybridized carbons (Fsp3) is 0.250. The highest BCUT2D eigenvalue weighted by atomic mass is 16.5. The van der Waals surface area contributed by atoms with Crippen molar-refractivity contribution in [1.29, 1.82) is 0 Å². The smallest absolute Gasteiger partial charge is 0.170 e. The van der Waals surface area contributed by atoms with Crippen LogP contribution < -0.4 is 9.47 Å². The number of rotatable bonds is 3. The van der Waals surface area contributed by atoms with E-state index in [1.54, 1.807) is 26.5 Å². The average Bonchev–Trinajstić information content (AvgIpc) is 2.81. The second-order valence-corrected chi connectivity index (χ2v) is 3.40. The largest absolute Gasteiger partial charge is 0.497 e. The van der Waals surface area contributed by atoms with E-state index in [1.807, 2.05) is 19.1 Å². The SMILES string of the molecule is COc1cc(C)c(-c2ccno2)c(OC)c1. The number of hydrogen-bond acceptors (Lipinski definition) is 4. The molecular formula is C12H13NO3. The van der Waals surface area contributed by atoms with Crippen molar-refractivity contribution in [2.45, 2.75) is 6.92 Å². The second-order valence-electron chi connectivity index (χ2n) is 3.40. The molecule has 0 aliphatic heterocycles. The summed E-state index contributed by atoms with van der Waals surface area (Å²) in [4.78, 5) is 0. The molecule has 1 aromatic carbocycles.